The van der Waals surface area contributed by atoms with E-state index in [4.69, 9.17) is 23.7 Å². The number of aliphatic hydroxyl groups is 5. The van der Waals surface area contributed by atoms with E-state index in [-0.39, 0.29) is 46.1 Å². The summed E-state index contributed by atoms with van der Waals surface area (Å²) in [7, 11) is 0. The second-order valence-electron chi connectivity index (χ2n) is 19.6. The zero-order chi connectivity index (χ0) is 38.6. The number of fused-ring (bicyclic) bond motifs is 5. The van der Waals surface area contributed by atoms with Crippen molar-refractivity contribution in [3.05, 3.63) is 0 Å². The van der Waals surface area contributed by atoms with Gasteiger partial charge in [0.15, 0.2) is 12.4 Å². The van der Waals surface area contributed by atoms with E-state index in [0.29, 0.717) is 32.1 Å². The van der Waals surface area contributed by atoms with Crippen molar-refractivity contribution in [1.29, 1.82) is 0 Å². The molecule has 2 aliphatic heterocycles. The molecule has 16 atom stereocenters. The molecular weight excluding hydrogens is 672 g/mol. The molecule has 4 saturated carbocycles. The van der Waals surface area contributed by atoms with Crippen LogP contribution >= 0.6 is 0 Å². The van der Waals surface area contributed by atoms with Crippen molar-refractivity contribution in [2.75, 3.05) is 6.61 Å². The van der Waals surface area contributed by atoms with E-state index in [0.717, 1.165) is 25.7 Å². The third-order valence-corrected chi connectivity index (χ3v) is 16.1. The van der Waals surface area contributed by atoms with E-state index >= 15 is 0 Å². The molecule has 0 aromatic rings. The number of ether oxygens (including phenoxy) is 5. The van der Waals surface area contributed by atoms with Crippen molar-refractivity contribution in [2.24, 2.45) is 39.4 Å². The number of carbonyl (C=O) groups excluding carboxylic acids is 2. The standard InChI is InChI=1S/C40H66O12/c1-21(42)48-23-19-26-36(7)14-12-27(51-33-31(49-22(2)43)30(45)29(44)24(20-41)50-33)34(3,4)25(36)11-15-37(26,8)38(9)17-18-40(47,32(23)38)39(10)16-13-28(52-39)35(5,6)46/h23-33,41,44-47H,11-20H2,1-10H3/t23-,24-,25?,26?,27-,28+,29-,30+,31-,32?,33?,36+,37-,38-,39?,40-/m1/s1. The van der Waals surface area contributed by atoms with Gasteiger partial charge in [-0.05, 0) is 112 Å². The van der Waals surface area contributed by atoms with Gasteiger partial charge in [-0.15, -0.1) is 0 Å². The van der Waals surface area contributed by atoms with Crippen molar-refractivity contribution < 1.29 is 58.8 Å². The fraction of sp³-hybridized carbons (Fsp3) is 0.950. The lowest BCUT2D eigenvalue weighted by atomic mass is 9.35. The maximum atomic E-state index is 13.0. The molecule has 2 heterocycles. The van der Waals surface area contributed by atoms with Gasteiger partial charge in [0.25, 0.3) is 0 Å². The molecule has 0 amide bonds. The quantitative estimate of drug-likeness (QED) is 0.189. The van der Waals surface area contributed by atoms with Gasteiger partial charge < -0.3 is 49.2 Å². The van der Waals surface area contributed by atoms with Crippen molar-refractivity contribution in [3.63, 3.8) is 0 Å². The smallest absolute Gasteiger partial charge is 0.303 e. The molecular formula is C40H66O12. The summed E-state index contributed by atoms with van der Waals surface area (Å²) in [6.45, 7) is 19.1. The van der Waals surface area contributed by atoms with E-state index in [2.05, 4.69) is 34.6 Å². The van der Waals surface area contributed by atoms with Gasteiger partial charge in [0, 0.05) is 19.8 Å². The summed E-state index contributed by atoms with van der Waals surface area (Å²) in [4.78, 5) is 24.9. The zero-order valence-corrected chi connectivity index (χ0v) is 33.0. The van der Waals surface area contributed by atoms with E-state index in [1.807, 2.05) is 6.92 Å². The zero-order valence-electron chi connectivity index (χ0n) is 33.0. The highest BCUT2D eigenvalue weighted by Gasteiger charge is 2.76. The SMILES string of the molecule is CC(=O)O[C@@H]1CC2[C@@]3(C)CC[C@@H](OC4O[C@H](CO)[C@@H](O)[C@H](O)[C@H]4OC(C)=O)C(C)(C)C3CC[C@@]2(C)[C@]2(C)CC[C@](O)(C3(C)CC[C@@H](C(C)(C)O)O3)C12. The lowest BCUT2D eigenvalue weighted by Gasteiger charge is -2.71. The molecule has 12 nitrogen and oxygen atoms in total. The summed E-state index contributed by atoms with van der Waals surface area (Å²) < 4.78 is 30.9. The van der Waals surface area contributed by atoms with Crippen LogP contribution in [0.2, 0.25) is 0 Å². The fourth-order valence-electron chi connectivity index (χ4n) is 13.2. The van der Waals surface area contributed by atoms with Crippen LogP contribution in [0.15, 0.2) is 0 Å². The Hall–Kier alpha value is -1.38. The van der Waals surface area contributed by atoms with Crippen LogP contribution in [0.1, 0.15) is 127 Å². The maximum absolute atomic E-state index is 13.0. The van der Waals surface area contributed by atoms with Crippen LogP contribution in [0, 0.1) is 39.4 Å². The average Bonchev–Trinajstić information content (AvgIpc) is 3.59. The minimum absolute atomic E-state index is 0.156. The summed E-state index contributed by atoms with van der Waals surface area (Å²) in [5, 5.41) is 55.2. The third-order valence-electron chi connectivity index (χ3n) is 16.1. The summed E-state index contributed by atoms with van der Waals surface area (Å²) in [6, 6.07) is 0. The van der Waals surface area contributed by atoms with Gasteiger partial charge in [-0.1, -0.05) is 34.6 Å². The summed E-state index contributed by atoms with van der Waals surface area (Å²) >= 11 is 0. The lowest BCUT2D eigenvalue weighted by Crippen LogP contribution is -2.70. The Bertz CT molecular complexity index is 1380. The lowest BCUT2D eigenvalue weighted by molar-refractivity contribution is -0.334. The Balaban J connectivity index is 1.31. The molecule has 52 heavy (non-hydrogen) atoms. The second-order valence-corrected chi connectivity index (χ2v) is 19.6. The van der Waals surface area contributed by atoms with Crippen LogP contribution in [-0.2, 0) is 33.3 Å². The van der Waals surface area contributed by atoms with Crippen LogP contribution in [0.3, 0.4) is 0 Å². The van der Waals surface area contributed by atoms with Crippen LogP contribution in [0.4, 0.5) is 0 Å². The molecule has 5 N–H and O–H groups in total. The molecule has 4 aliphatic carbocycles. The Labute approximate surface area is 309 Å². The first-order valence-corrected chi connectivity index (χ1v) is 19.6. The van der Waals surface area contributed by atoms with E-state index in [1.165, 1.54) is 13.8 Å². The average molecular weight is 739 g/mol. The maximum Gasteiger partial charge on any atom is 0.303 e. The molecule has 12 heteroatoms. The van der Waals surface area contributed by atoms with Gasteiger partial charge in [-0.2, -0.15) is 0 Å². The molecule has 0 aromatic carbocycles. The minimum Gasteiger partial charge on any atom is -0.462 e. The number of aliphatic hydroxyl groups excluding tert-OH is 3. The molecule has 5 unspecified atom stereocenters. The molecule has 6 rings (SSSR count). The van der Waals surface area contributed by atoms with Gasteiger partial charge in [-0.25, -0.2) is 0 Å². The first-order valence-electron chi connectivity index (χ1n) is 19.6. The largest absolute Gasteiger partial charge is 0.462 e. The Morgan fingerprint density at radius 3 is 2.06 bits per heavy atom. The highest BCUT2D eigenvalue weighted by atomic mass is 16.7. The summed E-state index contributed by atoms with van der Waals surface area (Å²) in [6.07, 6.45) is -1.39. The Morgan fingerprint density at radius 2 is 1.48 bits per heavy atom. The van der Waals surface area contributed by atoms with Crippen molar-refractivity contribution >= 4 is 11.9 Å². The first kappa shape index (κ1) is 40.3. The van der Waals surface area contributed by atoms with E-state index < -0.39 is 77.7 Å². The topological polar surface area (TPSA) is 181 Å². The highest BCUT2D eigenvalue weighted by Crippen LogP contribution is 2.77. The molecule has 0 bridgehead atoms. The normalized spacial score (nSPS) is 51.6. The van der Waals surface area contributed by atoms with Gasteiger partial charge in [0.05, 0.1) is 30.0 Å². The van der Waals surface area contributed by atoms with Crippen LogP contribution in [-0.4, -0.2) is 110 Å². The fourth-order valence-corrected chi connectivity index (χ4v) is 13.2. The van der Waals surface area contributed by atoms with Crippen LogP contribution in [0.5, 0.6) is 0 Å². The number of hydrogen-bond acceptors (Lipinski definition) is 12. The molecule has 0 aromatic heterocycles. The van der Waals surface area contributed by atoms with Crippen LogP contribution in [0.25, 0.3) is 0 Å². The summed E-state index contributed by atoms with van der Waals surface area (Å²) in [5.74, 6) is -1.03. The van der Waals surface area contributed by atoms with E-state index in [1.54, 1.807) is 13.8 Å². The van der Waals surface area contributed by atoms with Crippen LogP contribution < -0.4 is 0 Å². The first-order chi connectivity index (χ1) is 23.9. The molecule has 2 saturated heterocycles. The van der Waals surface area contributed by atoms with Gasteiger partial charge >= 0.3 is 11.9 Å². The van der Waals surface area contributed by atoms with Gasteiger partial charge in [0.2, 0.25) is 0 Å². The minimum atomic E-state index is -1.50. The van der Waals surface area contributed by atoms with Crippen molar-refractivity contribution in [2.45, 2.75) is 193 Å². The predicted octanol–water partition coefficient (Wildman–Crippen LogP) is 3.79. The molecule has 0 radical (unpaired) electrons. The second kappa shape index (κ2) is 13.1. The van der Waals surface area contributed by atoms with Crippen molar-refractivity contribution in [1.82, 2.24) is 0 Å². The number of carbonyl (C=O) groups is 2. The van der Waals surface area contributed by atoms with Gasteiger partial charge in [-0.3, -0.25) is 9.59 Å². The summed E-state index contributed by atoms with van der Waals surface area (Å²) in [5.41, 5.74) is -4.39. The monoisotopic (exact) mass is 738 g/mol. The number of rotatable bonds is 7. The molecule has 0 spiro atoms. The number of hydrogen-bond donors (Lipinski definition) is 5. The Kier molecular flexibility index (Phi) is 10.2. The highest BCUT2D eigenvalue weighted by molar-refractivity contribution is 5.66. The predicted molar refractivity (Wildman–Crippen MR) is 188 cm³/mol. The molecule has 6 fully saturated rings. The number of esters is 2. The molecule has 298 valence electrons. The van der Waals surface area contributed by atoms with E-state index in [9.17, 15) is 35.1 Å². The Morgan fingerprint density at radius 1 is 0.827 bits per heavy atom. The van der Waals surface area contributed by atoms with Gasteiger partial charge in [0.1, 0.15) is 30.0 Å². The van der Waals surface area contributed by atoms with Crippen molar-refractivity contribution in [3.8, 4) is 0 Å². The molecule has 6 aliphatic rings. The third kappa shape index (κ3) is 5.91.